The predicted molar refractivity (Wildman–Crippen MR) is 144 cm³/mol. The summed E-state index contributed by atoms with van der Waals surface area (Å²) in [6.07, 6.45) is 5.89. The molecule has 1 aromatic carbocycles. The summed E-state index contributed by atoms with van der Waals surface area (Å²) in [4.78, 5) is 23.8. The van der Waals surface area contributed by atoms with E-state index in [9.17, 15) is 4.79 Å². The Kier molecular flexibility index (Phi) is 6.83. The number of Topliss-reactive ketones (excluding diaryl/α,β-unsaturated/α-hetero) is 1. The summed E-state index contributed by atoms with van der Waals surface area (Å²) in [5.41, 5.74) is 4.18. The second-order valence-corrected chi connectivity index (χ2v) is 10.9. The van der Waals surface area contributed by atoms with Crippen LogP contribution in [0.3, 0.4) is 0 Å². The summed E-state index contributed by atoms with van der Waals surface area (Å²) >= 11 is 6.61. The SMILES string of the molecule is CN1CCn2nc(Nc3cc(-c4ccc(CCC(=O)c5cnn(C(C)(C)C)c5)c(Cl)c4)ncn3)cc2C1. The van der Waals surface area contributed by atoms with Crippen LogP contribution in [0.1, 0.15) is 48.8 Å². The van der Waals surface area contributed by atoms with E-state index in [1.165, 1.54) is 12.0 Å². The number of nitrogens with one attached hydrogen (secondary N) is 1. The highest BCUT2D eigenvalue weighted by Gasteiger charge is 2.18. The van der Waals surface area contributed by atoms with Gasteiger partial charge in [0.15, 0.2) is 11.6 Å². The third-order valence-corrected chi connectivity index (χ3v) is 6.83. The highest BCUT2D eigenvalue weighted by molar-refractivity contribution is 6.31. The Balaban J connectivity index is 1.25. The Bertz CT molecular complexity index is 1430. The molecule has 5 rings (SSSR count). The minimum Gasteiger partial charge on any atom is -0.323 e. The van der Waals surface area contributed by atoms with E-state index in [-0.39, 0.29) is 11.3 Å². The van der Waals surface area contributed by atoms with Crippen LogP contribution in [0, 0.1) is 0 Å². The number of aromatic nitrogens is 6. The van der Waals surface area contributed by atoms with Gasteiger partial charge < -0.3 is 5.32 Å². The van der Waals surface area contributed by atoms with Crippen LogP contribution in [-0.2, 0) is 25.0 Å². The molecule has 0 fully saturated rings. The van der Waals surface area contributed by atoms with E-state index >= 15 is 0 Å². The molecule has 0 unspecified atom stereocenters. The van der Waals surface area contributed by atoms with E-state index in [0.29, 0.717) is 29.2 Å². The van der Waals surface area contributed by atoms with Crippen molar-refractivity contribution in [3.8, 4) is 11.3 Å². The number of hydrogen-bond acceptors (Lipinski definition) is 7. The molecule has 0 amide bonds. The average Bonchev–Trinajstić information content (AvgIpc) is 3.50. The number of rotatable bonds is 7. The summed E-state index contributed by atoms with van der Waals surface area (Å²) in [5, 5.41) is 12.9. The number of likely N-dealkylation sites (N-methyl/N-ethyl adjacent to an activating group) is 1. The van der Waals surface area contributed by atoms with Gasteiger partial charge in [-0.15, -0.1) is 0 Å². The highest BCUT2D eigenvalue weighted by Crippen LogP contribution is 2.27. The van der Waals surface area contributed by atoms with Gasteiger partial charge in [-0.2, -0.15) is 10.2 Å². The molecule has 0 atom stereocenters. The van der Waals surface area contributed by atoms with Gasteiger partial charge in [0.25, 0.3) is 0 Å². The quantitative estimate of drug-likeness (QED) is 0.346. The molecule has 1 aliphatic heterocycles. The van der Waals surface area contributed by atoms with Crippen LogP contribution in [-0.4, -0.2) is 53.8 Å². The van der Waals surface area contributed by atoms with Crippen molar-refractivity contribution >= 4 is 29.0 Å². The lowest BCUT2D eigenvalue weighted by Gasteiger charge is -2.22. The van der Waals surface area contributed by atoms with E-state index in [1.807, 2.05) is 39.8 Å². The molecule has 1 N–H and O–H groups in total. The van der Waals surface area contributed by atoms with Crippen LogP contribution in [0.5, 0.6) is 0 Å². The van der Waals surface area contributed by atoms with Gasteiger partial charge in [0, 0.05) is 48.4 Å². The van der Waals surface area contributed by atoms with Gasteiger partial charge in [0.2, 0.25) is 0 Å². The zero-order valence-corrected chi connectivity index (χ0v) is 22.3. The number of halogens is 1. The van der Waals surface area contributed by atoms with Crippen LogP contribution < -0.4 is 5.32 Å². The van der Waals surface area contributed by atoms with E-state index in [2.05, 4.69) is 64.3 Å². The Hall–Kier alpha value is -3.56. The van der Waals surface area contributed by atoms with Crippen molar-refractivity contribution in [3.63, 3.8) is 0 Å². The molecule has 0 bridgehead atoms. The van der Waals surface area contributed by atoms with Gasteiger partial charge in [0.05, 0.1) is 35.2 Å². The molecule has 0 saturated carbocycles. The number of benzene rings is 1. The molecule has 4 heterocycles. The van der Waals surface area contributed by atoms with Gasteiger partial charge in [-0.25, -0.2) is 9.97 Å². The number of carbonyl (C=O) groups is 1. The summed E-state index contributed by atoms with van der Waals surface area (Å²) in [7, 11) is 2.11. The maximum atomic E-state index is 12.7. The predicted octanol–water partition coefficient (Wildman–Crippen LogP) is 4.95. The van der Waals surface area contributed by atoms with Crippen molar-refractivity contribution in [1.82, 2.24) is 34.4 Å². The summed E-state index contributed by atoms with van der Waals surface area (Å²) in [5.74, 6) is 1.48. The standard InChI is InChI=1S/C27H31ClN8O/c1-27(2,3)36-15-20(14-31-36)24(37)8-7-18-5-6-19(11-22(18)28)23-13-25(30-17-29-23)32-26-12-21-16-34(4)9-10-35(21)33-26/h5-6,11-15,17H,7-10,16H2,1-4H3,(H,29,30,32,33). The molecular formula is C27H31ClN8O. The number of nitrogens with zero attached hydrogens (tertiary/aromatic N) is 7. The topological polar surface area (TPSA) is 93.8 Å². The minimum atomic E-state index is -0.164. The van der Waals surface area contributed by atoms with Gasteiger partial charge in [-0.1, -0.05) is 23.7 Å². The molecule has 0 radical (unpaired) electrons. The summed E-state index contributed by atoms with van der Waals surface area (Å²) in [6, 6.07) is 9.75. The molecular weight excluding hydrogens is 488 g/mol. The molecule has 9 nitrogen and oxygen atoms in total. The second-order valence-electron chi connectivity index (χ2n) is 10.5. The highest BCUT2D eigenvalue weighted by atomic mass is 35.5. The van der Waals surface area contributed by atoms with E-state index in [1.54, 1.807) is 6.20 Å². The first-order chi connectivity index (χ1) is 17.7. The maximum Gasteiger partial charge on any atom is 0.166 e. The van der Waals surface area contributed by atoms with Crippen LogP contribution in [0.25, 0.3) is 11.3 Å². The molecule has 3 aromatic heterocycles. The number of hydrogen-bond donors (Lipinski definition) is 1. The van der Waals surface area contributed by atoms with E-state index in [0.717, 1.165) is 42.3 Å². The second kappa shape index (κ2) is 10.1. The lowest BCUT2D eigenvalue weighted by molar-refractivity contribution is 0.0982. The van der Waals surface area contributed by atoms with Gasteiger partial charge in [0.1, 0.15) is 12.1 Å². The fourth-order valence-corrected chi connectivity index (χ4v) is 4.58. The first-order valence-electron chi connectivity index (χ1n) is 12.4. The third kappa shape index (κ3) is 5.73. The monoisotopic (exact) mass is 518 g/mol. The average molecular weight is 519 g/mol. The molecule has 192 valence electrons. The Morgan fingerprint density at radius 1 is 1.11 bits per heavy atom. The van der Waals surface area contributed by atoms with Crippen molar-refractivity contribution in [2.75, 3.05) is 18.9 Å². The van der Waals surface area contributed by atoms with Crippen molar-refractivity contribution in [3.05, 3.63) is 70.9 Å². The lowest BCUT2D eigenvalue weighted by Crippen LogP contribution is -2.30. The minimum absolute atomic E-state index is 0.0507. The smallest absolute Gasteiger partial charge is 0.166 e. The van der Waals surface area contributed by atoms with Crippen molar-refractivity contribution in [1.29, 1.82) is 0 Å². The third-order valence-electron chi connectivity index (χ3n) is 6.47. The number of fused-ring (bicyclic) bond motifs is 1. The van der Waals surface area contributed by atoms with Crippen molar-refractivity contribution < 1.29 is 4.79 Å². The number of anilines is 2. The largest absolute Gasteiger partial charge is 0.323 e. The fourth-order valence-electron chi connectivity index (χ4n) is 4.31. The summed E-state index contributed by atoms with van der Waals surface area (Å²) in [6.45, 7) is 8.89. The zero-order chi connectivity index (χ0) is 26.2. The normalized spacial score (nSPS) is 14.0. The van der Waals surface area contributed by atoms with Crippen molar-refractivity contribution in [2.45, 2.75) is 52.2 Å². The first-order valence-corrected chi connectivity index (χ1v) is 12.7. The molecule has 4 aromatic rings. The van der Waals surface area contributed by atoms with Crippen LogP contribution >= 0.6 is 11.6 Å². The molecule has 1 aliphatic rings. The van der Waals surface area contributed by atoms with Crippen LogP contribution in [0.15, 0.2) is 49.1 Å². The van der Waals surface area contributed by atoms with E-state index in [4.69, 9.17) is 11.6 Å². The summed E-state index contributed by atoms with van der Waals surface area (Å²) < 4.78 is 3.84. The Morgan fingerprint density at radius 3 is 2.70 bits per heavy atom. The molecule has 0 saturated heterocycles. The Morgan fingerprint density at radius 2 is 1.95 bits per heavy atom. The number of aryl methyl sites for hydroxylation is 1. The first kappa shape index (κ1) is 25.1. The molecule has 0 spiro atoms. The maximum absolute atomic E-state index is 12.7. The Labute approximate surface area is 221 Å². The van der Waals surface area contributed by atoms with Gasteiger partial charge >= 0.3 is 0 Å². The number of carbonyl (C=O) groups excluding carboxylic acids is 1. The zero-order valence-electron chi connectivity index (χ0n) is 21.6. The van der Waals surface area contributed by atoms with Crippen LogP contribution in [0.2, 0.25) is 5.02 Å². The molecule has 10 heteroatoms. The van der Waals surface area contributed by atoms with Crippen LogP contribution in [0.4, 0.5) is 11.6 Å². The van der Waals surface area contributed by atoms with Gasteiger partial charge in [-0.3, -0.25) is 19.1 Å². The van der Waals surface area contributed by atoms with E-state index < -0.39 is 0 Å². The van der Waals surface area contributed by atoms with Crippen molar-refractivity contribution in [2.24, 2.45) is 0 Å². The van der Waals surface area contributed by atoms with Gasteiger partial charge in [-0.05, 0) is 45.9 Å². The molecule has 37 heavy (non-hydrogen) atoms. The lowest BCUT2D eigenvalue weighted by atomic mass is 10.0. The molecule has 0 aliphatic carbocycles. The fraction of sp³-hybridized carbons (Fsp3) is 0.370. The number of ketones is 1.